The maximum atomic E-state index is 9.13. The van der Waals surface area contributed by atoms with Crippen LogP contribution >= 0.6 is 0 Å². The van der Waals surface area contributed by atoms with Crippen LogP contribution in [-0.2, 0) is 25.9 Å². The molecule has 1 amide bonds. The van der Waals surface area contributed by atoms with Crippen LogP contribution in [0.2, 0.25) is 0 Å². The Kier molecular flexibility index (Phi) is 14.1. The topological polar surface area (TPSA) is 29.1 Å². The van der Waals surface area contributed by atoms with E-state index < -0.39 is 0 Å². The average molecular weight is 255 g/mol. The third-order valence-corrected chi connectivity index (χ3v) is 0.197. The van der Waals surface area contributed by atoms with Crippen molar-refractivity contribution in [2.24, 2.45) is 0 Å². The van der Waals surface area contributed by atoms with Crippen LogP contribution in [0.4, 0.5) is 0 Å². The van der Waals surface area contributed by atoms with Gasteiger partial charge in [-0.2, -0.15) is 6.41 Å². The second-order valence-electron chi connectivity index (χ2n) is 0.529. The van der Waals surface area contributed by atoms with Gasteiger partial charge in [0.15, 0.2) is 0 Å². The zero-order chi connectivity index (χ0) is 4.12. The van der Waals surface area contributed by atoms with Crippen LogP contribution in [0, 0.1) is 6.92 Å². The van der Waals surface area contributed by atoms with Crippen molar-refractivity contribution in [3.63, 3.8) is 0 Å². The molecule has 0 saturated heterocycles. The van der Waals surface area contributed by atoms with Crippen molar-refractivity contribution in [2.75, 3.05) is 6.54 Å². The van der Waals surface area contributed by atoms with Gasteiger partial charge in [-0.3, -0.25) is 0 Å². The fourth-order valence-electron chi connectivity index (χ4n) is 0.0510. The molecule has 0 bridgehead atoms. The summed E-state index contributed by atoms with van der Waals surface area (Å²) in [5, 5.41) is 2.19. The first-order chi connectivity index (χ1) is 2.41. The molecule has 0 aliphatic heterocycles. The van der Waals surface area contributed by atoms with Crippen LogP contribution in [0.15, 0.2) is 0 Å². The molecule has 0 unspecified atom stereocenters. The quantitative estimate of drug-likeness (QED) is 0.521. The van der Waals surface area contributed by atoms with Crippen molar-refractivity contribution in [3.05, 3.63) is 6.92 Å². The van der Waals surface area contributed by atoms with E-state index >= 15 is 0 Å². The van der Waals surface area contributed by atoms with Crippen molar-refractivity contribution >= 4 is 6.41 Å². The van der Waals surface area contributed by atoms with Crippen LogP contribution < -0.4 is 5.32 Å². The monoisotopic (exact) mass is 255 g/mol. The fraction of sp³-hybridized carbons (Fsp3) is 0.333. The number of amides is 1. The molecule has 34 valence electrons. The molecule has 1 N–H and O–H groups in total. The summed E-state index contributed by atoms with van der Waals surface area (Å²) in [4.78, 5) is 9.13. The molecule has 0 aromatic heterocycles. The molecule has 0 aromatic rings. The Balaban J connectivity index is 0. The van der Waals surface area contributed by atoms with E-state index in [1.165, 1.54) is 6.41 Å². The number of hydrogen-bond donors (Lipinski definition) is 1. The van der Waals surface area contributed by atoms with Crippen molar-refractivity contribution in [2.45, 2.75) is 0 Å². The van der Waals surface area contributed by atoms with Crippen molar-refractivity contribution < 1.29 is 25.9 Å². The van der Waals surface area contributed by atoms with Gasteiger partial charge in [0.05, 0.1) is 0 Å². The van der Waals surface area contributed by atoms with Gasteiger partial charge in [0, 0.05) is 0 Å². The summed E-state index contributed by atoms with van der Waals surface area (Å²) >= 11 is 0. The van der Waals surface area contributed by atoms with Gasteiger partial charge in [-0.05, 0) is 0 Å². The normalized spacial score (nSPS) is 5.50. The number of carbonyl (C=O) groups excluding carboxylic acids is 1. The first-order valence-corrected chi connectivity index (χ1v) is 1.31. The summed E-state index contributed by atoms with van der Waals surface area (Å²) in [6.07, 6.45) is 1.45. The van der Waals surface area contributed by atoms with E-state index in [0.29, 0.717) is 6.54 Å². The standard InChI is InChI=1S/C3H5NO.W/c1-2-4-3-5;/h1-2H2,(H,4,5);/q-2;+2. The Morgan fingerprint density at radius 3 is 2.33 bits per heavy atom. The minimum Gasteiger partial charge on any atom is -0.555 e. The average Bonchev–Trinajstić information content (AvgIpc) is 1.41. The molecule has 0 heterocycles. The zero-order valence-electron chi connectivity index (χ0n) is 3.23. The molecule has 6 heavy (non-hydrogen) atoms. The van der Waals surface area contributed by atoms with Gasteiger partial charge in [-0.15, -0.1) is 6.54 Å². The first kappa shape index (κ1) is 9.48. The minimum atomic E-state index is 0. The fourth-order valence-corrected chi connectivity index (χ4v) is 0.0510. The van der Waals surface area contributed by atoms with Gasteiger partial charge in [0.25, 0.3) is 0 Å². The van der Waals surface area contributed by atoms with Crippen LogP contribution in [0.5, 0.6) is 0 Å². The number of nitrogens with one attached hydrogen (secondary N) is 1. The van der Waals surface area contributed by atoms with Crippen LogP contribution in [0.25, 0.3) is 0 Å². The van der Waals surface area contributed by atoms with E-state index in [9.17, 15) is 0 Å². The number of hydrogen-bond acceptors (Lipinski definition) is 1. The van der Waals surface area contributed by atoms with Crippen LogP contribution in [0.3, 0.4) is 0 Å². The summed E-state index contributed by atoms with van der Waals surface area (Å²) in [7, 11) is 0. The summed E-state index contributed by atoms with van der Waals surface area (Å²) in [6, 6.07) is 0. The van der Waals surface area contributed by atoms with Crippen LogP contribution in [0.1, 0.15) is 0 Å². The van der Waals surface area contributed by atoms with Gasteiger partial charge >= 0.3 is 21.1 Å². The first-order valence-electron chi connectivity index (χ1n) is 1.31. The Morgan fingerprint density at radius 1 is 1.83 bits per heavy atom. The zero-order valence-corrected chi connectivity index (χ0v) is 6.16. The minimum absolute atomic E-state index is 0. The Labute approximate surface area is 51.6 Å². The molecule has 0 radical (unpaired) electrons. The summed E-state index contributed by atoms with van der Waals surface area (Å²) < 4.78 is 0. The van der Waals surface area contributed by atoms with Crippen LogP contribution in [-0.4, -0.2) is 13.0 Å². The second-order valence-corrected chi connectivity index (χ2v) is 0.529. The summed E-state index contributed by atoms with van der Waals surface area (Å²) in [6.45, 7) is 3.72. The predicted octanol–water partition coefficient (Wildman–Crippen LogP) is -0.525. The van der Waals surface area contributed by atoms with Gasteiger partial charge in [0.1, 0.15) is 0 Å². The predicted molar refractivity (Wildman–Crippen MR) is 19.1 cm³/mol. The Hall–Kier alpha value is 0.158. The third-order valence-electron chi connectivity index (χ3n) is 0.197. The molecule has 0 spiro atoms. The number of rotatable bonds is 2. The Morgan fingerprint density at radius 2 is 2.33 bits per heavy atom. The van der Waals surface area contributed by atoms with E-state index in [1.54, 1.807) is 0 Å². The van der Waals surface area contributed by atoms with E-state index in [2.05, 4.69) is 12.2 Å². The summed E-state index contributed by atoms with van der Waals surface area (Å²) in [5.41, 5.74) is 0. The smallest absolute Gasteiger partial charge is 0.555 e. The van der Waals surface area contributed by atoms with E-state index in [-0.39, 0.29) is 21.1 Å². The molecule has 0 saturated carbocycles. The molecule has 0 rings (SSSR count). The van der Waals surface area contributed by atoms with Gasteiger partial charge < -0.3 is 17.0 Å². The molecule has 0 aliphatic rings. The third kappa shape index (κ3) is 8.90. The molecule has 3 heteroatoms. The van der Waals surface area contributed by atoms with Gasteiger partial charge in [-0.1, -0.05) is 0 Å². The van der Waals surface area contributed by atoms with Crippen molar-refractivity contribution in [1.82, 2.24) is 5.32 Å². The van der Waals surface area contributed by atoms with E-state index in [0.717, 1.165) is 0 Å². The van der Waals surface area contributed by atoms with E-state index in [1.807, 2.05) is 0 Å². The second kappa shape index (κ2) is 8.94. The van der Waals surface area contributed by atoms with Gasteiger partial charge in [-0.25, -0.2) is 0 Å². The SMILES string of the molecule is [CH2-]CN[C-]=O.[W+2]. The summed E-state index contributed by atoms with van der Waals surface area (Å²) in [5.74, 6) is 0. The largest absolute Gasteiger partial charge is 2.00 e. The van der Waals surface area contributed by atoms with E-state index in [4.69, 9.17) is 4.79 Å². The molecule has 0 aromatic carbocycles. The molecule has 0 fully saturated rings. The molecule has 0 atom stereocenters. The van der Waals surface area contributed by atoms with Crippen molar-refractivity contribution in [3.8, 4) is 0 Å². The Bertz CT molecular complexity index is 32.0. The molecular formula is C3H5NOW. The van der Waals surface area contributed by atoms with Crippen molar-refractivity contribution in [1.29, 1.82) is 0 Å². The van der Waals surface area contributed by atoms with Gasteiger partial charge in [0.2, 0.25) is 0 Å². The molecule has 0 aliphatic carbocycles. The molecule has 2 nitrogen and oxygen atoms in total. The maximum absolute atomic E-state index is 9.13. The molecular weight excluding hydrogens is 250 g/mol. The maximum Gasteiger partial charge on any atom is 2.00 e.